The quantitative estimate of drug-likeness (QED) is 0.00735. The van der Waals surface area contributed by atoms with Gasteiger partial charge in [0.2, 0.25) is 0 Å². The monoisotopic (exact) mass is 1680 g/mol. The van der Waals surface area contributed by atoms with Crippen LogP contribution in [-0.4, -0.2) is 136 Å². The van der Waals surface area contributed by atoms with Crippen molar-refractivity contribution in [1.29, 1.82) is 0 Å². The second kappa shape index (κ2) is 36.8. The summed E-state index contributed by atoms with van der Waals surface area (Å²) in [6.45, 7) is 10.6. The van der Waals surface area contributed by atoms with Gasteiger partial charge in [0.25, 0.3) is 0 Å². The smallest absolute Gasteiger partial charge is 0.465 e. The SMILES string of the molecule is CC1(C)C2CCC1(C(=O)O)C(=O)C2.CC1(C)C2CCC1(C(=O)OCCBr)C(=O)C2.CC1(C)C2CCC1(C(=O)OCCOC(=O)C(F)(F)S(=O)(=O)O)C(=O)C2.O=C(O)C(F)(F)S(=O)(=O)O.OCCBr.c1ccc([S+](c2ccccc2)c2ccccc2)cc1.c1ccc([S+](c2ccccc2)c2ccccc2)cc1. The highest BCUT2D eigenvalue weighted by atomic mass is 79.9. The lowest BCUT2D eigenvalue weighted by molar-refractivity contribution is -0.171. The number of benzene rings is 6. The van der Waals surface area contributed by atoms with Gasteiger partial charge in [-0.15, -0.1) is 0 Å². The minimum absolute atomic E-state index is 0.0146. The minimum atomic E-state index is -5.96. The summed E-state index contributed by atoms with van der Waals surface area (Å²) in [5.41, 5.74) is -4.35. The van der Waals surface area contributed by atoms with Gasteiger partial charge in [0.15, 0.2) is 46.7 Å². The molecule has 574 valence electrons. The van der Waals surface area contributed by atoms with Crippen LogP contribution in [0.2, 0.25) is 0 Å². The van der Waals surface area contributed by atoms with Crippen LogP contribution in [0.4, 0.5) is 17.6 Å². The Hall–Kier alpha value is -7.16. The lowest BCUT2D eigenvalue weighted by Gasteiger charge is -2.33. The molecule has 6 atom stereocenters. The average molecular weight is 1680 g/mol. The molecule has 6 saturated carbocycles. The van der Waals surface area contributed by atoms with Gasteiger partial charge in [0.1, 0.15) is 36.1 Å². The largest absolute Gasteiger partial charge is 0.480 e. The van der Waals surface area contributed by atoms with Crippen LogP contribution >= 0.6 is 31.9 Å². The lowest BCUT2D eigenvalue weighted by Crippen LogP contribution is -2.45. The molecule has 0 aromatic heterocycles. The van der Waals surface area contributed by atoms with Crippen LogP contribution in [0.15, 0.2) is 211 Å². The molecule has 0 radical (unpaired) electrons. The Balaban J connectivity index is 0.000000201. The van der Waals surface area contributed by atoms with Crippen LogP contribution in [0.5, 0.6) is 0 Å². The fourth-order valence-electron chi connectivity index (χ4n) is 14.6. The molecule has 6 aromatic carbocycles. The number of carbonyl (C=O) groups excluding carboxylic acids is 6. The fraction of sp³-hybridized carbons (Fsp3) is 0.421. The van der Waals surface area contributed by atoms with Gasteiger partial charge in [0, 0.05) is 29.9 Å². The molecule has 6 aliphatic rings. The van der Waals surface area contributed by atoms with Gasteiger partial charge < -0.3 is 29.5 Å². The minimum Gasteiger partial charge on any atom is -0.480 e. The number of aliphatic hydroxyl groups excluding tert-OH is 1. The number of carbonyl (C=O) groups is 8. The van der Waals surface area contributed by atoms with Crippen LogP contribution in [-0.2, 0) is 94.6 Å². The van der Waals surface area contributed by atoms with E-state index in [2.05, 4.69) is 219 Å². The molecule has 0 saturated heterocycles. The maximum absolute atomic E-state index is 13.0. The Morgan fingerprint density at radius 3 is 0.858 bits per heavy atom. The van der Waals surface area contributed by atoms with E-state index in [9.17, 15) is 77.9 Å². The third-order valence-corrected chi connectivity index (χ3v) is 27.5. The zero-order chi connectivity index (χ0) is 78.9. The summed E-state index contributed by atoms with van der Waals surface area (Å²) in [6, 6.07) is 64.3. The maximum Gasteiger partial charge on any atom is 0.465 e. The topological polar surface area (TPSA) is 334 Å². The number of rotatable bonds is 19. The molecule has 6 unspecified atom stereocenters. The first-order chi connectivity index (χ1) is 49.7. The number of alkyl halides is 6. The Kier molecular flexibility index (Phi) is 30.5. The summed E-state index contributed by atoms with van der Waals surface area (Å²) >= 11 is 6.22. The highest BCUT2D eigenvalue weighted by molar-refractivity contribution is 9.09. The van der Waals surface area contributed by atoms with Gasteiger partial charge in [-0.05, 0) is 145 Å². The molecule has 30 heteroatoms. The second-order valence-electron chi connectivity index (χ2n) is 27.1. The molecule has 6 bridgehead atoms. The van der Waals surface area contributed by atoms with Gasteiger partial charge >= 0.3 is 60.6 Å². The average Bonchev–Trinajstić information content (AvgIpc) is 1.56. The van der Waals surface area contributed by atoms with Gasteiger partial charge in [-0.3, -0.25) is 37.9 Å². The van der Waals surface area contributed by atoms with Crippen LogP contribution in [0.3, 0.4) is 0 Å². The number of hydrogen-bond acceptors (Lipinski definition) is 16. The molecule has 6 fully saturated rings. The fourth-order valence-corrected chi connectivity index (χ4v) is 19.5. The summed E-state index contributed by atoms with van der Waals surface area (Å²) < 4.78 is 119. The molecule has 0 heterocycles. The number of aliphatic hydroxyl groups is 1. The number of aliphatic carboxylic acids is 2. The number of carboxylic acid groups (broad SMARTS) is 2. The number of hydrogen-bond donors (Lipinski definition) is 5. The number of ketones is 3. The third-order valence-electron chi connectivity index (χ3n) is 20.7. The Bertz CT molecular complexity index is 3940. The number of Topliss-reactive ketones (excluding diaryl/α,β-unsaturated/α-hetero) is 3. The van der Waals surface area contributed by atoms with E-state index in [1.807, 2.05) is 27.7 Å². The van der Waals surface area contributed by atoms with Crippen molar-refractivity contribution in [1.82, 2.24) is 0 Å². The van der Waals surface area contributed by atoms with E-state index in [4.69, 9.17) is 28.8 Å². The van der Waals surface area contributed by atoms with Crippen molar-refractivity contribution < 1.29 is 111 Å². The summed E-state index contributed by atoms with van der Waals surface area (Å²) in [5.74, 6) is -6.89. The molecule has 5 N–H and O–H groups in total. The summed E-state index contributed by atoms with van der Waals surface area (Å²) in [7, 11) is -11.8. The predicted molar refractivity (Wildman–Crippen MR) is 394 cm³/mol. The van der Waals surface area contributed by atoms with E-state index >= 15 is 0 Å². The van der Waals surface area contributed by atoms with E-state index in [1.165, 1.54) is 29.4 Å². The van der Waals surface area contributed by atoms with Crippen LogP contribution in [0.25, 0.3) is 0 Å². The van der Waals surface area contributed by atoms with Crippen molar-refractivity contribution in [3.8, 4) is 0 Å². The number of carboxylic acids is 2. The van der Waals surface area contributed by atoms with Crippen molar-refractivity contribution in [2.75, 3.05) is 37.1 Å². The number of fused-ring (bicyclic) bond motifs is 6. The molecule has 12 rings (SSSR count). The normalized spacial score (nSPS) is 22.3. The van der Waals surface area contributed by atoms with Crippen LogP contribution in [0, 0.1) is 50.2 Å². The summed E-state index contributed by atoms with van der Waals surface area (Å²) in [4.78, 5) is 100. The van der Waals surface area contributed by atoms with Gasteiger partial charge in [-0.2, -0.15) is 34.4 Å². The number of ether oxygens (including phenoxy) is 3. The van der Waals surface area contributed by atoms with Crippen LogP contribution < -0.4 is 0 Å². The van der Waals surface area contributed by atoms with Gasteiger partial charge in [0.05, 0.1) is 28.4 Å². The molecular formula is C76H86Br2F4O20S4+2. The van der Waals surface area contributed by atoms with Crippen molar-refractivity contribution in [3.05, 3.63) is 182 Å². The molecule has 6 aromatic rings. The standard InChI is InChI=1S/2C18H15S.C14H18F2O8S.C12H17BrO3.C10H14O3.C2H5BrO.C2H2F2O5S/c2*1-4-10-16(11-5-1)19(17-12-6-2-7-13-17)18-14-8-3-9-15-18;1-12(2)8-3-4-13(12,9(17)7-8)10(18)23-5-6-24-11(19)14(15,16)25(20,21)22;1-11(2)8-3-4-12(11,9(14)7-8)10(15)16-6-5-13;1-9(2)6-3-4-10(9,8(12)13)7(11)5-6;3-1-2-4;3-2(4,1(5)6)10(7,8)9/h2*1-15H;8H,3-7H2,1-2H3,(H,20,21,22);8H,3-7H2,1-2H3;6H,3-5H2,1-2H3,(H,12,13);4H,1-2H2;(H,5,6)(H,7,8,9)/q2*+1;;;;;. The van der Waals surface area contributed by atoms with E-state index in [-0.39, 0.29) is 80.8 Å². The molecule has 0 aliphatic heterocycles. The maximum atomic E-state index is 13.0. The Morgan fingerprint density at radius 2 is 0.679 bits per heavy atom. The first-order valence-corrected chi connectivity index (χ1v) is 41.1. The van der Waals surface area contributed by atoms with Crippen molar-refractivity contribution in [2.45, 2.75) is 139 Å². The molecule has 20 nitrogen and oxygen atoms in total. The molecule has 0 spiro atoms. The molecule has 106 heavy (non-hydrogen) atoms. The van der Waals surface area contributed by atoms with E-state index < -0.39 is 89.5 Å². The summed E-state index contributed by atoms with van der Waals surface area (Å²) in [6.07, 6.45) is 5.41. The van der Waals surface area contributed by atoms with Crippen molar-refractivity contribution >= 4 is 121 Å². The van der Waals surface area contributed by atoms with Gasteiger partial charge in [-0.1, -0.05) is 183 Å². The van der Waals surface area contributed by atoms with Crippen molar-refractivity contribution in [2.24, 2.45) is 50.2 Å². The Morgan fingerprint density at radius 1 is 0.434 bits per heavy atom. The number of halogens is 6. The van der Waals surface area contributed by atoms with Crippen molar-refractivity contribution in [3.63, 3.8) is 0 Å². The highest BCUT2D eigenvalue weighted by Gasteiger charge is 2.71. The molecule has 6 aliphatic carbocycles. The molecule has 0 amide bonds. The first kappa shape index (κ1) is 87.7. The van der Waals surface area contributed by atoms with E-state index in [1.54, 1.807) is 13.8 Å². The Labute approximate surface area is 636 Å². The lowest BCUT2D eigenvalue weighted by atomic mass is 9.69. The summed E-state index contributed by atoms with van der Waals surface area (Å²) in [5, 5.41) is 15.6. The third kappa shape index (κ3) is 18.7. The van der Waals surface area contributed by atoms with E-state index in [0.717, 1.165) is 12.8 Å². The number of esters is 3. The zero-order valence-electron chi connectivity index (χ0n) is 58.9. The molecular weight excluding hydrogens is 1600 g/mol. The van der Waals surface area contributed by atoms with Gasteiger partial charge in [-0.25, -0.2) is 9.59 Å². The van der Waals surface area contributed by atoms with Crippen LogP contribution in [0.1, 0.15) is 99.3 Å². The predicted octanol–water partition coefficient (Wildman–Crippen LogP) is 14.2. The highest BCUT2D eigenvalue weighted by Crippen LogP contribution is 2.66. The zero-order valence-corrected chi connectivity index (χ0v) is 65.4. The first-order valence-electron chi connectivity index (χ1n) is 33.5. The van der Waals surface area contributed by atoms with E-state index in [0.29, 0.717) is 61.7 Å². The second-order valence-corrected chi connectivity index (χ2v) is 35.6.